The summed E-state index contributed by atoms with van der Waals surface area (Å²) < 4.78 is 0. The van der Waals surface area contributed by atoms with E-state index in [4.69, 9.17) is 5.11 Å². The second-order valence-corrected chi connectivity index (χ2v) is 9.37. The van der Waals surface area contributed by atoms with E-state index in [1.54, 1.807) is 0 Å². The van der Waals surface area contributed by atoms with E-state index in [2.05, 4.69) is 45.1 Å². The van der Waals surface area contributed by atoms with Crippen molar-refractivity contribution >= 4 is 5.97 Å². The average Bonchev–Trinajstić information content (AvgIpc) is 2.62. The van der Waals surface area contributed by atoms with Gasteiger partial charge in [0.05, 0.1) is 6.10 Å². The maximum absolute atomic E-state index is 10.6. The summed E-state index contributed by atoms with van der Waals surface area (Å²) in [5.74, 6) is 2.11. The maximum atomic E-state index is 10.6. The highest BCUT2D eigenvalue weighted by atomic mass is 16.4. The Kier molecular flexibility index (Phi) is 8.60. The molecule has 0 aliphatic heterocycles. The van der Waals surface area contributed by atoms with Gasteiger partial charge in [-0.05, 0) is 67.6 Å². The fourth-order valence-corrected chi connectivity index (χ4v) is 5.26. The van der Waals surface area contributed by atoms with Crippen molar-refractivity contribution in [3.63, 3.8) is 0 Å². The third-order valence-corrected chi connectivity index (χ3v) is 7.19. The number of carboxylic acids is 1. The zero-order valence-electron chi connectivity index (χ0n) is 17.6. The van der Waals surface area contributed by atoms with Crippen molar-refractivity contribution in [2.45, 2.75) is 91.1 Å². The van der Waals surface area contributed by atoms with Crippen molar-refractivity contribution in [3.05, 3.63) is 24.3 Å². The minimum Gasteiger partial charge on any atom is -0.481 e. The average molecular weight is 377 g/mol. The molecule has 0 aromatic rings. The first-order valence-corrected chi connectivity index (χ1v) is 11.1. The van der Waals surface area contributed by atoms with Crippen LogP contribution in [0.3, 0.4) is 0 Å². The second kappa shape index (κ2) is 10.5. The summed E-state index contributed by atoms with van der Waals surface area (Å²) in [6.45, 7) is 7.04. The van der Waals surface area contributed by atoms with Gasteiger partial charge >= 0.3 is 5.97 Å². The SMILES string of the molecule is CCCCC[C@H](O)C=C[C@H]1C[C@H]2C[C@@H]([C@@H]1CC=CCCCC(=O)O)C2(C)C. The van der Waals surface area contributed by atoms with Gasteiger partial charge in [-0.1, -0.05) is 64.3 Å². The molecule has 0 radical (unpaired) electrons. The molecule has 3 aliphatic rings. The Balaban J connectivity index is 1.88. The molecule has 0 aromatic carbocycles. The van der Waals surface area contributed by atoms with Crippen LogP contribution in [-0.2, 0) is 4.79 Å². The lowest BCUT2D eigenvalue weighted by molar-refractivity contribution is -0.137. The Morgan fingerprint density at radius 1 is 1.19 bits per heavy atom. The third-order valence-electron chi connectivity index (χ3n) is 7.19. The maximum Gasteiger partial charge on any atom is 0.303 e. The minimum absolute atomic E-state index is 0.256. The van der Waals surface area contributed by atoms with E-state index in [0.29, 0.717) is 17.3 Å². The molecule has 3 saturated carbocycles. The van der Waals surface area contributed by atoms with Crippen molar-refractivity contribution in [1.82, 2.24) is 0 Å². The van der Waals surface area contributed by atoms with Crippen LogP contribution in [0.1, 0.15) is 85.0 Å². The Bertz CT molecular complexity index is 520. The highest BCUT2D eigenvalue weighted by molar-refractivity contribution is 5.66. The highest BCUT2D eigenvalue weighted by Gasteiger charge is 2.56. The fraction of sp³-hybridized carbons (Fsp3) is 0.792. The Hall–Kier alpha value is -1.09. The number of carboxylic acid groups (broad SMARTS) is 1. The van der Waals surface area contributed by atoms with Crippen molar-refractivity contribution in [1.29, 1.82) is 0 Å². The topological polar surface area (TPSA) is 57.5 Å². The predicted molar refractivity (Wildman–Crippen MR) is 112 cm³/mol. The number of hydrogen-bond donors (Lipinski definition) is 2. The number of aliphatic hydroxyl groups is 1. The molecular formula is C24H40O3. The van der Waals surface area contributed by atoms with Crippen molar-refractivity contribution < 1.29 is 15.0 Å². The second-order valence-electron chi connectivity index (χ2n) is 9.37. The smallest absolute Gasteiger partial charge is 0.303 e. The van der Waals surface area contributed by atoms with Crippen LogP contribution < -0.4 is 0 Å². The van der Waals surface area contributed by atoms with Crippen LogP contribution >= 0.6 is 0 Å². The lowest BCUT2D eigenvalue weighted by atomic mass is 9.43. The summed E-state index contributed by atoms with van der Waals surface area (Å²) in [5.41, 5.74) is 0.450. The molecule has 0 heterocycles. The number of carbonyl (C=O) groups is 1. The molecule has 0 unspecified atom stereocenters. The monoisotopic (exact) mass is 376 g/mol. The molecule has 3 aliphatic carbocycles. The molecule has 5 atom stereocenters. The van der Waals surface area contributed by atoms with Crippen LogP contribution in [0.5, 0.6) is 0 Å². The summed E-state index contributed by atoms with van der Waals surface area (Å²) in [7, 11) is 0. The summed E-state index contributed by atoms with van der Waals surface area (Å²) in [6.07, 6.45) is 18.4. The van der Waals surface area contributed by atoms with Crippen LogP contribution in [0, 0.1) is 29.1 Å². The van der Waals surface area contributed by atoms with Crippen LogP contribution in [0.15, 0.2) is 24.3 Å². The zero-order valence-corrected chi connectivity index (χ0v) is 17.6. The number of hydrogen-bond acceptors (Lipinski definition) is 2. The highest BCUT2D eigenvalue weighted by Crippen LogP contribution is 2.64. The van der Waals surface area contributed by atoms with Gasteiger partial charge in [-0.3, -0.25) is 4.79 Å². The molecule has 2 bridgehead atoms. The molecule has 3 heteroatoms. The van der Waals surface area contributed by atoms with Crippen molar-refractivity contribution in [2.75, 3.05) is 0 Å². The minimum atomic E-state index is -0.708. The van der Waals surface area contributed by atoms with Crippen LogP contribution in [0.2, 0.25) is 0 Å². The van der Waals surface area contributed by atoms with Gasteiger partial charge in [0.15, 0.2) is 0 Å². The number of rotatable bonds is 12. The number of aliphatic carboxylic acids is 1. The van der Waals surface area contributed by atoms with Gasteiger partial charge < -0.3 is 10.2 Å². The fourth-order valence-electron chi connectivity index (χ4n) is 5.26. The largest absolute Gasteiger partial charge is 0.481 e. The van der Waals surface area contributed by atoms with E-state index in [1.165, 1.54) is 25.7 Å². The number of aliphatic hydroxyl groups excluding tert-OH is 1. The molecule has 0 amide bonds. The Morgan fingerprint density at radius 2 is 1.96 bits per heavy atom. The summed E-state index contributed by atoms with van der Waals surface area (Å²) >= 11 is 0. The Labute approximate surface area is 165 Å². The van der Waals surface area contributed by atoms with Gasteiger partial charge in [-0.2, -0.15) is 0 Å². The van der Waals surface area contributed by atoms with Crippen LogP contribution in [-0.4, -0.2) is 22.3 Å². The van der Waals surface area contributed by atoms with Crippen LogP contribution in [0.4, 0.5) is 0 Å². The van der Waals surface area contributed by atoms with Crippen molar-refractivity contribution in [2.24, 2.45) is 29.1 Å². The van der Waals surface area contributed by atoms with Gasteiger partial charge in [0.2, 0.25) is 0 Å². The first-order chi connectivity index (χ1) is 12.9. The van der Waals surface area contributed by atoms with E-state index >= 15 is 0 Å². The van der Waals surface area contributed by atoms with Gasteiger partial charge in [0.25, 0.3) is 0 Å². The third kappa shape index (κ3) is 6.20. The molecule has 27 heavy (non-hydrogen) atoms. The van der Waals surface area contributed by atoms with E-state index in [1.807, 2.05) is 0 Å². The normalized spacial score (nSPS) is 30.5. The lowest BCUT2D eigenvalue weighted by Crippen LogP contribution is -2.55. The lowest BCUT2D eigenvalue weighted by Gasteiger charge is -2.62. The molecule has 0 spiro atoms. The van der Waals surface area contributed by atoms with Gasteiger partial charge in [0, 0.05) is 6.42 Å². The molecule has 3 nitrogen and oxygen atoms in total. The van der Waals surface area contributed by atoms with E-state index in [0.717, 1.165) is 43.9 Å². The first-order valence-electron chi connectivity index (χ1n) is 11.1. The number of unbranched alkanes of at least 4 members (excludes halogenated alkanes) is 3. The summed E-state index contributed by atoms with van der Waals surface area (Å²) in [6, 6.07) is 0. The number of fused-ring (bicyclic) bond motifs is 2. The zero-order chi connectivity index (χ0) is 19.9. The standard InChI is InChI=1S/C24H40O3/c1-4-5-8-11-20(25)15-14-18-16-19-17-22(24(19,2)3)21(18)12-9-6-7-10-13-23(26)27/h6,9,14-15,18-22,25H,4-5,7-8,10-13,16-17H2,1-3H3,(H,26,27)/t18-,19-,20-,21+,22-/m0/s1. The Morgan fingerprint density at radius 3 is 2.63 bits per heavy atom. The molecule has 2 N–H and O–H groups in total. The van der Waals surface area contributed by atoms with Gasteiger partial charge in [-0.25, -0.2) is 0 Å². The van der Waals surface area contributed by atoms with E-state index in [-0.39, 0.29) is 12.5 Å². The van der Waals surface area contributed by atoms with Crippen molar-refractivity contribution in [3.8, 4) is 0 Å². The van der Waals surface area contributed by atoms with Gasteiger partial charge in [-0.15, -0.1) is 0 Å². The van der Waals surface area contributed by atoms with Gasteiger partial charge in [0.1, 0.15) is 0 Å². The molecule has 3 rings (SSSR count). The van der Waals surface area contributed by atoms with E-state index in [9.17, 15) is 9.90 Å². The first kappa shape index (κ1) is 22.2. The molecule has 3 fully saturated rings. The predicted octanol–water partition coefficient (Wildman–Crippen LogP) is 5.98. The molecule has 154 valence electrons. The molecular weight excluding hydrogens is 336 g/mol. The molecule has 0 saturated heterocycles. The molecule has 0 aromatic heterocycles. The summed E-state index contributed by atoms with van der Waals surface area (Å²) in [4.78, 5) is 10.6. The quantitative estimate of drug-likeness (QED) is 0.325. The van der Waals surface area contributed by atoms with Crippen LogP contribution in [0.25, 0.3) is 0 Å². The number of allylic oxidation sites excluding steroid dienone is 3. The van der Waals surface area contributed by atoms with E-state index < -0.39 is 5.97 Å². The summed E-state index contributed by atoms with van der Waals surface area (Å²) in [5, 5.41) is 19.0.